The van der Waals surface area contributed by atoms with Crippen LogP contribution in [-0.2, 0) is 11.2 Å². The van der Waals surface area contributed by atoms with Gasteiger partial charge < -0.3 is 15.1 Å². The summed E-state index contributed by atoms with van der Waals surface area (Å²) in [5.74, 6) is 0.188. The largest absolute Gasteiger partial charge is 0.338 e. The maximum Gasteiger partial charge on any atom is 0.253 e. The first-order chi connectivity index (χ1) is 10.5. The molecule has 22 heavy (non-hydrogen) atoms. The highest BCUT2D eigenvalue weighted by atomic mass is 16.2. The van der Waals surface area contributed by atoms with E-state index in [0.717, 1.165) is 55.8 Å². The van der Waals surface area contributed by atoms with Crippen molar-refractivity contribution in [1.82, 2.24) is 9.80 Å². The van der Waals surface area contributed by atoms with Crippen molar-refractivity contribution in [2.45, 2.75) is 19.3 Å². The molecule has 0 saturated carbocycles. The van der Waals surface area contributed by atoms with Crippen molar-refractivity contribution in [2.75, 3.05) is 38.5 Å². The molecule has 3 heterocycles. The topological polar surface area (TPSA) is 52.7 Å². The van der Waals surface area contributed by atoms with Crippen molar-refractivity contribution in [1.29, 1.82) is 0 Å². The molecular weight excluding hydrogens is 278 g/mol. The molecule has 2 saturated heterocycles. The number of carbonyl (C=O) groups excluding carboxylic acids is 2. The van der Waals surface area contributed by atoms with Crippen LogP contribution in [0.3, 0.4) is 0 Å². The van der Waals surface area contributed by atoms with Crippen molar-refractivity contribution >= 4 is 17.5 Å². The summed E-state index contributed by atoms with van der Waals surface area (Å²) in [6.07, 6.45) is 2.34. The van der Waals surface area contributed by atoms with Crippen LogP contribution in [0.1, 0.15) is 28.8 Å². The lowest BCUT2D eigenvalue weighted by Gasteiger charge is -2.46. The lowest BCUT2D eigenvalue weighted by molar-refractivity contribution is -0.116. The zero-order valence-electron chi connectivity index (χ0n) is 12.9. The van der Waals surface area contributed by atoms with E-state index in [4.69, 9.17) is 0 Å². The number of anilines is 1. The summed E-state index contributed by atoms with van der Waals surface area (Å²) >= 11 is 0. The van der Waals surface area contributed by atoms with Gasteiger partial charge in [0.1, 0.15) is 0 Å². The van der Waals surface area contributed by atoms with Crippen LogP contribution in [0.15, 0.2) is 18.2 Å². The maximum atomic E-state index is 12.7. The van der Waals surface area contributed by atoms with Crippen LogP contribution in [0.2, 0.25) is 0 Å². The zero-order chi connectivity index (χ0) is 15.3. The molecule has 0 unspecified atom stereocenters. The van der Waals surface area contributed by atoms with E-state index >= 15 is 0 Å². The quantitative estimate of drug-likeness (QED) is 0.851. The van der Waals surface area contributed by atoms with Gasteiger partial charge in [0.05, 0.1) is 0 Å². The number of hydrogen-bond donors (Lipinski definition) is 1. The molecule has 1 aromatic carbocycles. The molecule has 2 fully saturated rings. The van der Waals surface area contributed by atoms with E-state index < -0.39 is 0 Å². The van der Waals surface area contributed by atoms with E-state index in [9.17, 15) is 9.59 Å². The van der Waals surface area contributed by atoms with E-state index in [0.29, 0.717) is 11.8 Å². The molecular formula is C17H21N3O2. The number of carbonyl (C=O) groups is 2. The van der Waals surface area contributed by atoms with Gasteiger partial charge in [-0.2, -0.15) is 0 Å². The first kappa shape index (κ1) is 13.8. The molecule has 0 radical (unpaired) electrons. The van der Waals surface area contributed by atoms with Crippen molar-refractivity contribution in [2.24, 2.45) is 5.41 Å². The fourth-order valence-electron chi connectivity index (χ4n) is 4.16. The van der Waals surface area contributed by atoms with Gasteiger partial charge in [0.25, 0.3) is 5.91 Å². The normalized spacial score (nSPS) is 23.1. The number of aryl methyl sites for hydroxylation is 1. The summed E-state index contributed by atoms with van der Waals surface area (Å²) in [7, 11) is 2.13. The fourth-order valence-corrected chi connectivity index (χ4v) is 4.16. The summed E-state index contributed by atoms with van der Waals surface area (Å²) in [6.45, 7) is 3.95. The van der Waals surface area contributed by atoms with Gasteiger partial charge in [0.15, 0.2) is 0 Å². The highest BCUT2D eigenvalue weighted by molar-refractivity contribution is 5.98. The van der Waals surface area contributed by atoms with Gasteiger partial charge in [-0.3, -0.25) is 9.59 Å². The highest BCUT2D eigenvalue weighted by Gasteiger charge is 2.47. The Kier molecular flexibility index (Phi) is 3.01. The van der Waals surface area contributed by atoms with E-state index in [-0.39, 0.29) is 11.8 Å². The van der Waals surface area contributed by atoms with Gasteiger partial charge in [-0.05, 0) is 43.7 Å². The summed E-state index contributed by atoms with van der Waals surface area (Å²) in [5, 5.41) is 2.86. The number of amides is 2. The number of likely N-dealkylation sites (tertiary alicyclic amines) is 2. The van der Waals surface area contributed by atoms with Crippen LogP contribution < -0.4 is 5.32 Å². The predicted octanol–water partition coefficient (Wildman–Crippen LogP) is 1.35. The minimum Gasteiger partial charge on any atom is -0.338 e. The monoisotopic (exact) mass is 299 g/mol. The Balaban J connectivity index is 1.50. The van der Waals surface area contributed by atoms with E-state index in [1.807, 2.05) is 23.1 Å². The van der Waals surface area contributed by atoms with E-state index in [1.54, 1.807) is 0 Å². The predicted molar refractivity (Wildman–Crippen MR) is 83.8 cm³/mol. The molecule has 0 aromatic heterocycles. The Morgan fingerprint density at radius 3 is 2.82 bits per heavy atom. The third-order valence-electron chi connectivity index (χ3n) is 5.18. The molecule has 4 rings (SSSR count). The van der Waals surface area contributed by atoms with Gasteiger partial charge in [-0.15, -0.1) is 0 Å². The molecule has 2 amide bonds. The second kappa shape index (κ2) is 4.81. The third kappa shape index (κ3) is 2.20. The van der Waals surface area contributed by atoms with Crippen molar-refractivity contribution in [3.8, 4) is 0 Å². The molecule has 1 N–H and O–H groups in total. The Morgan fingerprint density at radius 2 is 2.05 bits per heavy atom. The zero-order valence-corrected chi connectivity index (χ0v) is 12.9. The summed E-state index contributed by atoms with van der Waals surface area (Å²) in [4.78, 5) is 28.4. The lowest BCUT2D eigenvalue weighted by atomic mass is 9.79. The number of benzene rings is 1. The second-order valence-electron chi connectivity index (χ2n) is 7.07. The van der Waals surface area contributed by atoms with Gasteiger partial charge in [0.2, 0.25) is 5.91 Å². The van der Waals surface area contributed by atoms with Crippen LogP contribution in [0.5, 0.6) is 0 Å². The standard InChI is InChI=1S/C17H21N3O2/c1-19-9-17(10-19)6-7-20(11-17)16(22)13-2-4-14-12(8-13)3-5-15(21)18-14/h2,4,8H,3,5-7,9-11H2,1H3,(H,18,21). The molecule has 3 aliphatic rings. The van der Waals surface area contributed by atoms with E-state index in [2.05, 4.69) is 17.3 Å². The molecule has 5 heteroatoms. The Labute approximate surface area is 130 Å². The van der Waals surface area contributed by atoms with Gasteiger partial charge in [0, 0.05) is 49.3 Å². The highest BCUT2D eigenvalue weighted by Crippen LogP contribution is 2.39. The SMILES string of the molecule is CN1CC2(CCN(C(=O)c3ccc4c(c3)CCC(=O)N4)C2)C1. The molecule has 0 atom stereocenters. The fraction of sp³-hybridized carbons (Fsp3) is 0.529. The minimum absolute atomic E-state index is 0.0576. The van der Waals surface area contributed by atoms with Crippen LogP contribution in [0.25, 0.3) is 0 Å². The summed E-state index contributed by atoms with van der Waals surface area (Å²) < 4.78 is 0. The Hall–Kier alpha value is -1.88. The molecule has 5 nitrogen and oxygen atoms in total. The molecule has 116 valence electrons. The van der Waals surface area contributed by atoms with E-state index in [1.165, 1.54) is 0 Å². The molecule has 1 spiro atoms. The van der Waals surface area contributed by atoms with Gasteiger partial charge in [-0.1, -0.05) is 0 Å². The van der Waals surface area contributed by atoms with Crippen molar-refractivity contribution < 1.29 is 9.59 Å². The summed E-state index contributed by atoms with van der Waals surface area (Å²) in [6, 6.07) is 5.66. The van der Waals surface area contributed by atoms with Gasteiger partial charge >= 0.3 is 0 Å². The average Bonchev–Trinajstić information content (AvgIpc) is 2.91. The Morgan fingerprint density at radius 1 is 1.23 bits per heavy atom. The van der Waals surface area contributed by atoms with Crippen LogP contribution >= 0.6 is 0 Å². The van der Waals surface area contributed by atoms with Crippen LogP contribution in [-0.4, -0.2) is 54.8 Å². The van der Waals surface area contributed by atoms with Crippen LogP contribution in [0, 0.1) is 5.41 Å². The second-order valence-corrected chi connectivity index (χ2v) is 7.07. The number of nitrogens with zero attached hydrogens (tertiary/aromatic N) is 2. The maximum absolute atomic E-state index is 12.7. The van der Waals surface area contributed by atoms with Crippen LogP contribution in [0.4, 0.5) is 5.69 Å². The number of hydrogen-bond acceptors (Lipinski definition) is 3. The summed E-state index contributed by atoms with van der Waals surface area (Å²) in [5.41, 5.74) is 3.01. The molecule has 1 aromatic rings. The minimum atomic E-state index is 0.0576. The lowest BCUT2D eigenvalue weighted by Crippen LogP contribution is -2.55. The number of rotatable bonds is 1. The van der Waals surface area contributed by atoms with Crippen molar-refractivity contribution in [3.63, 3.8) is 0 Å². The first-order valence-electron chi connectivity index (χ1n) is 7.95. The number of fused-ring (bicyclic) bond motifs is 1. The third-order valence-corrected chi connectivity index (χ3v) is 5.18. The van der Waals surface area contributed by atoms with Gasteiger partial charge in [-0.25, -0.2) is 0 Å². The first-order valence-corrected chi connectivity index (χ1v) is 7.95. The molecule has 0 bridgehead atoms. The Bertz CT molecular complexity index is 649. The average molecular weight is 299 g/mol. The molecule has 3 aliphatic heterocycles. The number of nitrogens with one attached hydrogen (secondary N) is 1. The van der Waals surface area contributed by atoms with Crippen molar-refractivity contribution in [3.05, 3.63) is 29.3 Å². The smallest absolute Gasteiger partial charge is 0.253 e. The molecule has 0 aliphatic carbocycles.